The van der Waals surface area contributed by atoms with E-state index in [4.69, 9.17) is 24.9 Å². The summed E-state index contributed by atoms with van der Waals surface area (Å²) in [6, 6.07) is 0. The second-order valence-electron chi connectivity index (χ2n) is 6.10. The first-order valence-electron chi connectivity index (χ1n) is 9.14. The molecule has 9 heteroatoms. The van der Waals surface area contributed by atoms with Crippen LogP contribution in [0.1, 0.15) is 65.7 Å². The van der Waals surface area contributed by atoms with Crippen molar-refractivity contribution in [2.45, 2.75) is 71.4 Å². The SMILES string of the molecule is CCCCOP(=O)(OCCCC)C(COC(=O)CCCC(=N)N)C(C)=O. The van der Waals surface area contributed by atoms with Gasteiger partial charge < -0.3 is 19.5 Å². The molecule has 0 rings (SSSR count). The molecule has 8 nitrogen and oxygen atoms in total. The number of ether oxygens (including phenoxy) is 1. The zero-order valence-corrected chi connectivity index (χ0v) is 17.0. The van der Waals surface area contributed by atoms with Gasteiger partial charge in [-0.05, 0) is 26.2 Å². The van der Waals surface area contributed by atoms with Crippen LogP contribution in [0.4, 0.5) is 0 Å². The van der Waals surface area contributed by atoms with E-state index in [9.17, 15) is 14.2 Å². The molecule has 0 saturated heterocycles. The molecule has 0 aliphatic heterocycles. The lowest BCUT2D eigenvalue weighted by Gasteiger charge is -2.25. The third-order valence-electron chi connectivity index (χ3n) is 3.62. The molecule has 0 aliphatic rings. The Morgan fingerprint density at radius 1 is 1.04 bits per heavy atom. The van der Waals surface area contributed by atoms with Crippen molar-refractivity contribution >= 4 is 25.2 Å². The van der Waals surface area contributed by atoms with Crippen molar-refractivity contribution in [2.24, 2.45) is 5.73 Å². The van der Waals surface area contributed by atoms with Crippen molar-refractivity contribution in [3.05, 3.63) is 0 Å². The summed E-state index contributed by atoms with van der Waals surface area (Å²) < 4.78 is 29.1. The van der Waals surface area contributed by atoms with Crippen molar-refractivity contribution in [2.75, 3.05) is 19.8 Å². The van der Waals surface area contributed by atoms with Crippen LogP contribution in [0.5, 0.6) is 0 Å². The molecule has 0 fully saturated rings. The minimum atomic E-state index is -3.72. The van der Waals surface area contributed by atoms with Crippen LogP contribution in [0.15, 0.2) is 0 Å². The maximum Gasteiger partial charge on any atom is 0.344 e. The molecule has 0 amide bonds. The van der Waals surface area contributed by atoms with E-state index >= 15 is 0 Å². The van der Waals surface area contributed by atoms with Crippen LogP contribution in [0.2, 0.25) is 0 Å². The molecule has 1 atom stereocenters. The molecular weight excluding hydrogens is 359 g/mol. The number of rotatable bonds is 16. The summed E-state index contributed by atoms with van der Waals surface area (Å²) in [5.74, 6) is -0.943. The molecule has 0 saturated carbocycles. The molecule has 1 unspecified atom stereocenters. The van der Waals surface area contributed by atoms with Crippen molar-refractivity contribution in [3.8, 4) is 0 Å². The molecule has 0 spiro atoms. The summed E-state index contributed by atoms with van der Waals surface area (Å²) in [5, 5.41) is 7.12. The summed E-state index contributed by atoms with van der Waals surface area (Å²) in [4.78, 5) is 23.8. The fourth-order valence-electron chi connectivity index (χ4n) is 1.99. The van der Waals surface area contributed by atoms with E-state index in [-0.39, 0.29) is 32.1 Å². The average Bonchev–Trinajstić information content (AvgIpc) is 2.55. The normalized spacial score (nSPS) is 12.6. The Balaban J connectivity index is 4.86. The number of ketones is 1. The van der Waals surface area contributed by atoms with Gasteiger partial charge in [0, 0.05) is 12.8 Å². The van der Waals surface area contributed by atoms with Crippen LogP contribution >= 0.6 is 7.60 Å². The number of nitrogens with one attached hydrogen (secondary N) is 1. The van der Waals surface area contributed by atoms with Gasteiger partial charge in [-0.15, -0.1) is 0 Å². The van der Waals surface area contributed by atoms with Gasteiger partial charge in [-0.1, -0.05) is 26.7 Å². The summed E-state index contributed by atoms with van der Waals surface area (Å²) in [5.41, 5.74) is 4.10. The monoisotopic (exact) mass is 392 g/mol. The molecule has 0 aromatic rings. The van der Waals surface area contributed by atoms with Gasteiger partial charge in [-0.2, -0.15) is 0 Å². The summed E-state index contributed by atoms with van der Waals surface area (Å²) >= 11 is 0. The number of esters is 1. The highest BCUT2D eigenvalue weighted by Crippen LogP contribution is 2.53. The predicted molar refractivity (Wildman–Crippen MR) is 101 cm³/mol. The lowest BCUT2D eigenvalue weighted by molar-refractivity contribution is -0.144. The summed E-state index contributed by atoms with van der Waals surface area (Å²) in [7, 11) is -3.72. The highest BCUT2D eigenvalue weighted by atomic mass is 31.2. The predicted octanol–water partition coefficient (Wildman–Crippen LogP) is 3.42. The van der Waals surface area contributed by atoms with Crippen LogP contribution in [-0.2, 0) is 27.9 Å². The molecule has 0 aromatic carbocycles. The van der Waals surface area contributed by atoms with Crippen molar-refractivity contribution in [3.63, 3.8) is 0 Å². The van der Waals surface area contributed by atoms with Gasteiger partial charge in [-0.3, -0.25) is 19.6 Å². The minimum Gasteiger partial charge on any atom is -0.464 e. The van der Waals surface area contributed by atoms with Gasteiger partial charge in [-0.25, -0.2) is 0 Å². The molecule has 152 valence electrons. The summed E-state index contributed by atoms with van der Waals surface area (Å²) in [6.07, 6.45) is 3.84. The van der Waals surface area contributed by atoms with Gasteiger partial charge >= 0.3 is 13.6 Å². The van der Waals surface area contributed by atoms with Crippen LogP contribution in [0.3, 0.4) is 0 Å². The molecule has 0 radical (unpaired) electrons. The fraction of sp³-hybridized carbons (Fsp3) is 0.824. The van der Waals surface area contributed by atoms with E-state index in [1.807, 2.05) is 13.8 Å². The number of unbranched alkanes of at least 4 members (excludes halogenated alkanes) is 2. The quantitative estimate of drug-likeness (QED) is 0.135. The van der Waals surface area contributed by atoms with Crippen LogP contribution < -0.4 is 5.73 Å². The Bertz CT molecular complexity index is 484. The lowest BCUT2D eigenvalue weighted by atomic mass is 10.2. The number of carbonyl (C=O) groups excluding carboxylic acids is 2. The third-order valence-corrected chi connectivity index (χ3v) is 5.98. The Hall–Kier alpha value is -1.24. The molecule has 0 heterocycles. The molecule has 0 aliphatic carbocycles. The Labute approximate surface area is 156 Å². The topological polar surface area (TPSA) is 129 Å². The molecule has 3 N–H and O–H groups in total. The van der Waals surface area contributed by atoms with Crippen LogP contribution in [-0.4, -0.2) is 43.1 Å². The molecule has 26 heavy (non-hydrogen) atoms. The Morgan fingerprint density at radius 3 is 2.00 bits per heavy atom. The maximum absolute atomic E-state index is 13.1. The number of hydrogen-bond acceptors (Lipinski definition) is 7. The zero-order valence-electron chi connectivity index (χ0n) is 16.1. The van der Waals surface area contributed by atoms with E-state index < -0.39 is 25.0 Å². The van der Waals surface area contributed by atoms with E-state index in [1.54, 1.807) is 0 Å². The highest BCUT2D eigenvalue weighted by molar-refractivity contribution is 7.55. The van der Waals surface area contributed by atoms with Crippen molar-refractivity contribution in [1.82, 2.24) is 0 Å². The maximum atomic E-state index is 13.1. The van der Waals surface area contributed by atoms with Crippen molar-refractivity contribution in [1.29, 1.82) is 5.41 Å². The van der Waals surface area contributed by atoms with Crippen molar-refractivity contribution < 1.29 is 27.9 Å². The van der Waals surface area contributed by atoms with E-state index in [1.165, 1.54) is 6.92 Å². The highest BCUT2D eigenvalue weighted by Gasteiger charge is 2.40. The first kappa shape index (κ1) is 24.8. The Kier molecular flexibility index (Phi) is 13.2. The standard InChI is InChI=1S/C17H33N2O6P/c1-4-6-11-24-26(22,25-12-7-5-2)15(14(3)20)13-23-17(21)10-8-9-16(18)19/h15H,4-13H2,1-3H3,(H3,18,19). The average molecular weight is 392 g/mol. The summed E-state index contributed by atoms with van der Waals surface area (Å²) in [6.45, 7) is 5.32. The molecule has 0 aromatic heterocycles. The van der Waals surface area contributed by atoms with Gasteiger partial charge in [0.05, 0.1) is 19.0 Å². The van der Waals surface area contributed by atoms with E-state index in [2.05, 4.69) is 0 Å². The van der Waals surface area contributed by atoms with Gasteiger partial charge in [0.15, 0.2) is 5.66 Å². The number of Topliss-reactive ketones (excluding diaryl/α,β-unsaturated/α-hetero) is 1. The van der Waals surface area contributed by atoms with E-state index in [0.29, 0.717) is 25.7 Å². The third kappa shape index (κ3) is 10.7. The number of nitrogens with two attached hydrogens (primary N) is 1. The van der Waals surface area contributed by atoms with Crippen LogP contribution in [0.25, 0.3) is 0 Å². The van der Waals surface area contributed by atoms with Gasteiger partial charge in [0.25, 0.3) is 0 Å². The largest absolute Gasteiger partial charge is 0.464 e. The van der Waals surface area contributed by atoms with Crippen LogP contribution in [0, 0.1) is 5.41 Å². The minimum absolute atomic E-state index is 0.00226. The molecular formula is C17H33N2O6P. The second kappa shape index (κ2) is 13.9. The number of carbonyl (C=O) groups is 2. The number of amidine groups is 1. The number of hydrogen-bond donors (Lipinski definition) is 2. The Morgan fingerprint density at radius 2 is 1.58 bits per heavy atom. The smallest absolute Gasteiger partial charge is 0.344 e. The fourth-order valence-corrected chi connectivity index (χ4v) is 3.89. The first-order valence-corrected chi connectivity index (χ1v) is 10.8. The van der Waals surface area contributed by atoms with E-state index in [0.717, 1.165) is 12.8 Å². The van der Waals surface area contributed by atoms with Gasteiger partial charge in [0.1, 0.15) is 12.4 Å². The second-order valence-corrected chi connectivity index (χ2v) is 8.32. The molecule has 0 bridgehead atoms. The van der Waals surface area contributed by atoms with Gasteiger partial charge in [0.2, 0.25) is 0 Å². The zero-order chi connectivity index (χ0) is 20.0. The first-order chi connectivity index (χ1) is 12.3. The lowest BCUT2D eigenvalue weighted by Crippen LogP contribution is -2.28.